The van der Waals surface area contributed by atoms with Gasteiger partial charge in [0.25, 0.3) is 10.0 Å². The van der Waals surface area contributed by atoms with Gasteiger partial charge in [0.2, 0.25) is 0 Å². The molecule has 0 amide bonds. The highest BCUT2D eigenvalue weighted by atomic mass is 32.2. The second-order valence-corrected chi connectivity index (χ2v) is 7.70. The normalized spacial score (nSPS) is 11.5. The number of sulfonamides is 1. The summed E-state index contributed by atoms with van der Waals surface area (Å²) in [6.07, 6.45) is 0. The van der Waals surface area contributed by atoms with E-state index in [9.17, 15) is 18.0 Å². The third-order valence-electron chi connectivity index (χ3n) is 2.43. The Morgan fingerprint density at radius 1 is 1.40 bits per heavy atom. The second kappa shape index (κ2) is 5.04. The molecule has 10 heteroatoms. The molecule has 0 saturated carbocycles. The molecule has 0 bridgehead atoms. The number of aromatic nitrogens is 1. The minimum absolute atomic E-state index is 0.0303. The average Bonchev–Trinajstić information content (AvgIpc) is 2.83. The van der Waals surface area contributed by atoms with E-state index in [0.29, 0.717) is 16.9 Å². The van der Waals surface area contributed by atoms with Gasteiger partial charge in [0.15, 0.2) is 4.21 Å². The summed E-state index contributed by atoms with van der Waals surface area (Å²) >= 11 is 1.49. The van der Waals surface area contributed by atoms with Gasteiger partial charge < -0.3 is 10.1 Å². The van der Waals surface area contributed by atoms with Gasteiger partial charge in [-0.05, 0) is 24.8 Å². The maximum atomic E-state index is 12.2. The predicted molar refractivity (Wildman–Crippen MR) is 76.5 cm³/mol. The third kappa shape index (κ3) is 2.62. The van der Waals surface area contributed by atoms with Gasteiger partial charge in [0, 0.05) is 5.69 Å². The van der Waals surface area contributed by atoms with E-state index in [4.69, 9.17) is 5.11 Å². The Kier molecular flexibility index (Phi) is 3.71. The van der Waals surface area contributed by atoms with Crippen LogP contribution in [0.1, 0.15) is 20.9 Å². The Morgan fingerprint density at radius 3 is 2.55 bits per heavy atom. The third-order valence-corrected chi connectivity index (χ3v) is 6.47. The van der Waals surface area contributed by atoms with Gasteiger partial charge in [-0.25, -0.2) is 13.2 Å². The molecule has 0 unspecified atom stereocenters. The Bertz CT molecular complexity index is 827. The molecule has 0 aliphatic heterocycles. The van der Waals surface area contributed by atoms with Crippen molar-refractivity contribution >= 4 is 44.4 Å². The number of rotatable bonds is 4. The number of carboxylic acids is 1. The van der Waals surface area contributed by atoms with E-state index >= 15 is 0 Å². The maximum absolute atomic E-state index is 12.2. The minimum atomic E-state index is -3.99. The van der Waals surface area contributed by atoms with Crippen molar-refractivity contribution in [1.82, 2.24) is 4.98 Å². The highest BCUT2D eigenvalue weighted by Crippen LogP contribution is 2.30. The fraction of sp³-hybridized carbons (Fsp3) is 0.200. The molecule has 3 N–H and O–H groups in total. The number of hydrogen-bond donors (Lipinski definition) is 3. The second-order valence-electron chi connectivity index (χ2n) is 3.96. The van der Waals surface area contributed by atoms with Crippen molar-refractivity contribution in [1.29, 1.82) is 0 Å². The van der Waals surface area contributed by atoms with Crippen LogP contribution in [0.3, 0.4) is 0 Å². The van der Waals surface area contributed by atoms with Crippen LogP contribution in [0, 0.1) is 13.8 Å². The number of thiazole rings is 1. The lowest BCUT2D eigenvalue weighted by Crippen LogP contribution is -2.15. The first-order valence-electron chi connectivity index (χ1n) is 5.26. The number of aryl methyl sites for hydroxylation is 2. The zero-order valence-corrected chi connectivity index (χ0v) is 12.8. The topological polar surface area (TPSA) is 116 Å². The molecular weight excluding hydrogens is 324 g/mol. The summed E-state index contributed by atoms with van der Waals surface area (Å²) in [4.78, 5) is 24.0. The van der Waals surface area contributed by atoms with Gasteiger partial charge in [-0.15, -0.1) is 11.3 Å². The first-order chi connectivity index (χ1) is 9.22. The van der Waals surface area contributed by atoms with Crippen molar-refractivity contribution in [3.63, 3.8) is 0 Å². The highest BCUT2D eigenvalue weighted by molar-refractivity contribution is 7.94. The van der Waals surface area contributed by atoms with E-state index in [1.807, 2.05) is 0 Å². The number of anilines is 1. The van der Waals surface area contributed by atoms with E-state index in [1.54, 1.807) is 12.3 Å². The summed E-state index contributed by atoms with van der Waals surface area (Å²) in [5.74, 6) is -1.21. The van der Waals surface area contributed by atoms with E-state index in [2.05, 4.69) is 9.71 Å². The minimum Gasteiger partial charge on any atom is -0.477 e. The van der Waals surface area contributed by atoms with Crippen LogP contribution in [0.2, 0.25) is 0 Å². The maximum Gasteiger partial charge on any atom is 0.348 e. The summed E-state index contributed by atoms with van der Waals surface area (Å²) in [7, 11) is -3.99. The molecule has 0 spiro atoms. The molecular formula is C10H10N2O5S3. The number of carboxylic acid groups (broad SMARTS) is 1. The summed E-state index contributed by atoms with van der Waals surface area (Å²) in [5, 5.41) is 10.6. The molecule has 0 radical (unpaired) electrons. The van der Waals surface area contributed by atoms with Crippen LogP contribution < -0.4 is 9.60 Å². The van der Waals surface area contributed by atoms with Crippen LogP contribution >= 0.6 is 22.7 Å². The average molecular weight is 334 g/mol. The molecule has 20 heavy (non-hydrogen) atoms. The monoisotopic (exact) mass is 334 g/mol. The molecule has 0 atom stereocenters. The van der Waals surface area contributed by atoms with Crippen LogP contribution in [0.5, 0.6) is 0 Å². The molecule has 0 fully saturated rings. The van der Waals surface area contributed by atoms with Crippen LogP contribution in [0.25, 0.3) is 0 Å². The molecule has 7 nitrogen and oxygen atoms in total. The zero-order valence-electron chi connectivity index (χ0n) is 10.4. The fourth-order valence-corrected chi connectivity index (χ4v) is 4.91. The summed E-state index contributed by atoms with van der Waals surface area (Å²) in [5.41, 5.74) is 0.761. The number of nitrogens with one attached hydrogen (secondary N) is 2. The largest absolute Gasteiger partial charge is 0.477 e. The molecule has 0 aromatic carbocycles. The van der Waals surface area contributed by atoms with Crippen LogP contribution in [-0.4, -0.2) is 24.5 Å². The van der Waals surface area contributed by atoms with Crippen LogP contribution in [-0.2, 0) is 10.0 Å². The molecule has 0 aliphatic rings. The number of aromatic amines is 1. The van der Waals surface area contributed by atoms with Crippen molar-refractivity contribution in [2.45, 2.75) is 18.1 Å². The van der Waals surface area contributed by atoms with Gasteiger partial charge in [0.05, 0.1) is 5.69 Å². The van der Waals surface area contributed by atoms with E-state index in [0.717, 1.165) is 11.3 Å². The lowest BCUT2D eigenvalue weighted by molar-refractivity contribution is 0.0703. The predicted octanol–water partition coefficient (Wildman–Crippen LogP) is 1.61. The van der Waals surface area contributed by atoms with E-state index < -0.39 is 20.9 Å². The number of H-pyrrole nitrogens is 1. The number of carbonyl (C=O) groups is 1. The van der Waals surface area contributed by atoms with Crippen LogP contribution in [0.15, 0.2) is 14.4 Å². The van der Waals surface area contributed by atoms with Gasteiger partial charge in [0.1, 0.15) is 4.88 Å². The van der Waals surface area contributed by atoms with Crippen molar-refractivity contribution in [2.75, 3.05) is 4.72 Å². The Balaban J connectivity index is 2.49. The standard InChI is InChI=1S/C10H10N2O5S3/c1-4-3-18-7(8(13)14)6(4)12-20(16,17)9-5(2)11-10(15)19-9/h3,12H,1-2H3,(H,11,15)(H,13,14). The van der Waals surface area contributed by atoms with E-state index in [-0.39, 0.29) is 20.5 Å². The molecule has 0 saturated heterocycles. The van der Waals surface area contributed by atoms with Crippen molar-refractivity contribution in [3.8, 4) is 0 Å². The first-order valence-corrected chi connectivity index (χ1v) is 8.44. The lowest BCUT2D eigenvalue weighted by atomic mass is 10.3. The van der Waals surface area contributed by atoms with Gasteiger partial charge in [-0.2, -0.15) is 0 Å². The molecule has 2 aromatic heterocycles. The number of aromatic carboxylic acids is 1. The van der Waals surface area contributed by atoms with Gasteiger partial charge >= 0.3 is 10.8 Å². The van der Waals surface area contributed by atoms with Crippen molar-refractivity contribution < 1.29 is 18.3 Å². The lowest BCUT2D eigenvalue weighted by Gasteiger charge is -2.07. The quantitative estimate of drug-likeness (QED) is 0.785. The molecule has 0 aliphatic carbocycles. The summed E-state index contributed by atoms with van der Waals surface area (Å²) in [6, 6.07) is 0. The number of hydrogen-bond acceptors (Lipinski definition) is 6. The van der Waals surface area contributed by atoms with Crippen molar-refractivity contribution in [2.24, 2.45) is 0 Å². The fourth-order valence-electron chi connectivity index (χ4n) is 1.56. The smallest absolute Gasteiger partial charge is 0.348 e. The molecule has 2 rings (SSSR count). The molecule has 2 aromatic rings. The van der Waals surface area contributed by atoms with Crippen molar-refractivity contribution in [3.05, 3.63) is 31.2 Å². The Hall–Kier alpha value is -1.65. The van der Waals surface area contributed by atoms with Gasteiger partial charge in [-0.3, -0.25) is 9.52 Å². The summed E-state index contributed by atoms with van der Waals surface area (Å²) in [6.45, 7) is 3.07. The van der Waals surface area contributed by atoms with E-state index in [1.165, 1.54) is 6.92 Å². The molecule has 108 valence electrons. The summed E-state index contributed by atoms with van der Waals surface area (Å²) < 4.78 is 26.5. The highest BCUT2D eigenvalue weighted by Gasteiger charge is 2.25. The van der Waals surface area contributed by atoms with Gasteiger partial charge in [-0.1, -0.05) is 11.3 Å². The Labute approximate surface area is 122 Å². The van der Waals surface area contributed by atoms with Crippen LogP contribution in [0.4, 0.5) is 5.69 Å². The Morgan fingerprint density at radius 2 is 2.05 bits per heavy atom. The first kappa shape index (κ1) is 14.8. The molecule has 2 heterocycles. The number of thiophene rings is 1. The zero-order chi connectivity index (χ0) is 15.1. The SMILES string of the molecule is Cc1csc(C(=O)O)c1NS(=O)(=O)c1sc(=O)[nH]c1C.